The fourth-order valence-corrected chi connectivity index (χ4v) is 0.913. The first kappa shape index (κ1) is 6.09. The molecule has 0 fully saturated rings. The number of aromatic amines is 1. The van der Waals surface area contributed by atoms with E-state index in [1.165, 1.54) is 6.21 Å². The molecule has 2 amide bonds. The van der Waals surface area contributed by atoms with Crippen LogP contribution >= 0.6 is 0 Å². The number of amides is 2. The average Bonchev–Trinajstić information content (AvgIpc) is 2.38. The molecule has 0 spiro atoms. The van der Waals surface area contributed by atoms with Crippen LogP contribution < -0.4 is 5.32 Å². The predicted octanol–water partition coefficient (Wildman–Crippen LogP) is 0.0518. The minimum atomic E-state index is -0.311. The summed E-state index contributed by atoms with van der Waals surface area (Å²) < 4.78 is 0. The van der Waals surface area contributed by atoms with Gasteiger partial charge in [0.15, 0.2) is 0 Å². The minimum absolute atomic E-state index is 0.311. The number of carbonyl (C=O) groups is 1. The first-order chi connectivity index (χ1) is 5.36. The number of H-pyrrole nitrogens is 1. The van der Waals surface area contributed by atoms with E-state index in [-0.39, 0.29) is 6.03 Å². The third-order valence-corrected chi connectivity index (χ3v) is 1.49. The highest BCUT2D eigenvalue weighted by Gasteiger charge is 2.08. The topological polar surface area (TPSA) is 70.1 Å². The van der Waals surface area contributed by atoms with Crippen LogP contribution in [0.2, 0.25) is 0 Å². The highest BCUT2D eigenvalue weighted by molar-refractivity contribution is 5.92. The van der Waals surface area contributed by atoms with E-state index in [9.17, 15) is 4.79 Å². The number of nitrogens with zero attached hydrogens (tertiary/aromatic N) is 2. The molecule has 0 aromatic carbocycles. The Morgan fingerprint density at radius 2 is 2.45 bits per heavy atom. The van der Waals surface area contributed by atoms with E-state index in [0.717, 1.165) is 11.3 Å². The van der Waals surface area contributed by atoms with Crippen LogP contribution in [0.15, 0.2) is 11.2 Å². The van der Waals surface area contributed by atoms with Crippen molar-refractivity contribution in [3.05, 3.63) is 17.5 Å². The van der Waals surface area contributed by atoms with Crippen molar-refractivity contribution in [2.75, 3.05) is 0 Å². The van der Waals surface area contributed by atoms with Crippen molar-refractivity contribution < 1.29 is 4.79 Å². The molecule has 0 radical (unpaired) electrons. The Labute approximate surface area is 62.5 Å². The maximum absolute atomic E-state index is 10.7. The number of aromatic nitrogens is 2. The molecular formula is C6H6N4O. The summed E-state index contributed by atoms with van der Waals surface area (Å²) in [7, 11) is 0. The number of aliphatic imine (C=N–C) groups is 1. The minimum Gasteiger partial charge on any atom is -0.332 e. The van der Waals surface area contributed by atoms with E-state index in [0.29, 0.717) is 6.54 Å². The first-order valence-electron chi connectivity index (χ1n) is 3.20. The molecule has 5 heteroatoms. The summed E-state index contributed by atoms with van der Waals surface area (Å²) in [5.41, 5.74) is 1.75. The summed E-state index contributed by atoms with van der Waals surface area (Å²) in [5, 5.41) is 9.12. The molecule has 0 saturated carbocycles. The quantitative estimate of drug-likeness (QED) is 0.548. The van der Waals surface area contributed by atoms with Gasteiger partial charge in [-0.1, -0.05) is 0 Å². The van der Waals surface area contributed by atoms with Gasteiger partial charge in [-0.25, -0.2) is 4.79 Å². The lowest BCUT2D eigenvalue weighted by Crippen LogP contribution is -2.16. The Morgan fingerprint density at radius 3 is 3.36 bits per heavy atom. The summed E-state index contributed by atoms with van der Waals surface area (Å²) in [6.07, 6.45) is 3.15. The van der Waals surface area contributed by atoms with Crippen molar-refractivity contribution in [1.82, 2.24) is 15.5 Å². The zero-order valence-electron chi connectivity index (χ0n) is 5.66. The molecule has 0 unspecified atom stereocenters. The standard InChI is InChI=1S/C6H6N4O/c11-6-7-1-4-2-9-10-5(4)3-8-6/h2-3H,1H2,(H,7,11)(H,9,10). The Balaban J connectivity index is 2.42. The van der Waals surface area contributed by atoms with Crippen LogP contribution in [-0.2, 0) is 6.54 Å². The van der Waals surface area contributed by atoms with E-state index in [1.807, 2.05) is 0 Å². The Bertz CT molecular complexity index is 314. The molecule has 11 heavy (non-hydrogen) atoms. The largest absolute Gasteiger partial charge is 0.341 e. The fourth-order valence-electron chi connectivity index (χ4n) is 0.913. The second-order valence-electron chi connectivity index (χ2n) is 2.23. The number of fused-ring (bicyclic) bond motifs is 1. The van der Waals surface area contributed by atoms with Crippen LogP contribution in [0.3, 0.4) is 0 Å². The SMILES string of the molecule is O=C1N=Cc2[nH]ncc2CN1. The summed E-state index contributed by atoms with van der Waals surface area (Å²) in [4.78, 5) is 14.3. The van der Waals surface area contributed by atoms with Gasteiger partial charge in [-0.3, -0.25) is 5.10 Å². The van der Waals surface area contributed by atoms with E-state index in [1.54, 1.807) is 6.20 Å². The number of rotatable bonds is 0. The van der Waals surface area contributed by atoms with Gasteiger partial charge in [0.1, 0.15) is 0 Å². The first-order valence-corrected chi connectivity index (χ1v) is 3.20. The van der Waals surface area contributed by atoms with Crippen molar-refractivity contribution in [1.29, 1.82) is 0 Å². The molecule has 2 rings (SSSR count). The van der Waals surface area contributed by atoms with E-state index < -0.39 is 0 Å². The highest BCUT2D eigenvalue weighted by Crippen LogP contribution is 2.03. The van der Waals surface area contributed by atoms with E-state index >= 15 is 0 Å². The Morgan fingerprint density at radius 1 is 1.55 bits per heavy atom. The van der Waals surface area contributed by atoms with Crippen molar-refractivity contribution in [2.24, 2.45) is 4.99 Å². The van der Waals surface area contributed by atoms with Gasteiger partial charge < -0.3 is 5.32 Å². The molecule has 56 valence electrons. The molecule has 5 nitrogen and oxygen atoms in total. The molecule has 2 heterocycles. The smallest absolute Gasteiger partial charge is 0.332 e. The number of hydrogen-bond donors (Lipinski definition) is 2. The Hall–Kier alpha value is -1.65. The van der Waals surface area contributed by atoms with Crippen LogP contribution in [0, 0.1) is 0 Å². The predicted molar refractivity (Wildman–Crippen MR) is 38.4 cm³/mol. The molecule has 1 aromatic heterocycles. The van der Waals surface area contributed by atoms with Gasteiger partial charge in [0.2, 0.25) is 0 Å². The summed E-state index contributed by atoms with van der Waals surface area (Å²) in [5.74, 6) is 0. The molecule has 1 aromatic rings. The molecule has 1 aliphatic heterocycles. The molecule has 0 bridgehead atoms. The van der Waals surface area contributed by atoms with Crippen LogP contribution in [0.5, 0.6) is 0 Å². The monoisotopic (exact) mass is 150 g/mol. The lowest BCUT2D eigenvalue weighted by Gasteiger charge is -1.93. The second-order valence-corrected chi connectivity index (χ2v) is 2.23. The Kier molecular flexibility index (Phi) is 1.21. The van der Waals surface area contributed by atoms with Gasteiger partial charge in [-0.05, 0) is 0 Å². The molecule has 1 aliphatic rings. The van der Waals surface area contributed by atoms with Gasteiger partial charge in [-0.2, -0.15) is 10.1 Å². The van der Waals surface area contributed by atoms with Crippen molar-refractivity contribution in [3.8, 4) is 0 Å². The average molecular weight is 150 g/mol. The van der Waals surface area contributed by atoms with E-state index in [4.69, 9.17) is 0 Å². The lowest BCUT2D eigenvalue weighted by molar-refractivity contribution is 0.249. The normalized spacial score (nSPS) is 15.5. The molecule has 0 aliphatic carbocycles. The van der Waals surface area contributed by atoms with Crippen LogP contribution in [-0.4, -0.2) is 22.4 Å². The summed E-state index contributed by atoms with van der Waals surface area (Å²) in [6, 6.07) is -0.311. The molecule has 0 saturated heterocycles. The maximum atomic E-state index is 10.7. The van der Waals surface area contributed by atoms with Crippen molar-refractivity contribution in [2.45, 2.75) is 6.54 Å². The van der Waals surface area contributed by atoms with Crippen LogP contribution in [0.25, 0.3) is 0 Å². The third-order valence-electron chi connectivity index (χ3n) is 1.49. The third kappa shape index (κ3) is 1.000. The summed E-state index contributed by atoms with van der Waals surface area (Å²) >= 11 is 0. The molecule has 2 N–H and O–H groups in total. The van der Waals surface area contributed by atoms with Gasteiger partial charge >= 0.3 is 6.03 Å². The zero-order valence-corrected chi connectivity index (χ0v) is 5.66. The lowest BCUT2D eigenvalue weighted by atomic mass is 10.3. The number of urea groups is 1. The summed E-state index contributed by atoms with van der Waals surface area (Å²) in [6.45, 7) is 0.491. The molecule has 0 atom stereocenters. The second kappa shape index (κ2) is 2.19. The number of hydrogen-bond acceptors (Lipinski definition) is 2. The number of carbonyl (C=O) groups excluding carboxylic acids is 1. The zero-order chi connectivity index (χ0) is 7.68. The highest BCUT2D eigenvalue weighted by atomic mass is 16.2. The molecular weight excluding hydrogens is 144 g/mol. The fraction of sp³-hybridized carbons (Fsp3) is 0.167. The van der Waals surface area contributed by atoms with Crippen LogP contribution in [0.4, 0.5) is 4.79 Å². The van der Waals surface area contributed by atoms with Gasteiger partial charge in [0, 0.05) is 12.1 Å². The number of nitrogens with one attached hydrogen (secondary N) is 2. The van der Waals surface area contributed by atoms with Gasteiger partial charge in [0.05, 0.1) is 18.1 Å². The van der Waals surface area contributed by atoms with Gasteiger partial charge in [-0.15, -0.1) is 0 Å². The maximum Gasteiger partial charge on any atom is 0.341 e. The van der Waals surface area contributed by atoms with Crippen molar-refractivity contribution in [3.63, 3.8) is 0 Å². The van der Waals surface area contributed by atoms with E-state index in [2.05, 4.69) is 20.5 Å². The van der Waals surface area contributed by atoms with Crippen molar-refractivity contribution >= 4 is 12.2 Å². The van der Waals surface area contributed by atoms with Crippen LogP contribution in [0.1, 0.15) is 11.3 Å². The van der Waals surface area contributed by atoms with Gasteiger partial charge in [0.25, 0.3) is 0 Å².